The number of hydrogen-bond donors (Lipinski definition) is 1. The molecule has 2 atom stereocenters. The molecular formula is C14H23N3S. The Balaban J connectivity index is 1.93. The fourth-order valence-electron chi connectivity index (χ4n) is 2.57. The van der Waals surface area contributed by atoms with Gasteiger partial charge in [-0.1, -0.05) is 19.8 Å². The number of thioether (sulfide) groups is 1. The molecule has 0 bridgehead atoms. The van der Waals surface area contributed by atoms with Crippen LogP contribution in [0.1, 0.15) is 44.7 Å². The second-order valence-electron chi connectivity index (χ2n) is 5.01. The van der Waals surface area contributed by atoms with Crippen LogP contribution in [0.25, 0.3) is 0 Å². The van der Waals surface area contributed by atoms with Crippen molar-refractivity contribution < 1.29 is 0 Å². The minimum Gasteiger partial charge on any atom is -0.367 e. The molecule has 1 aliphatic carbocycles. The molecule has 0 aliphatic heterocycles. The van der Waals surface area contributed by atoms with Crippen LogP contribution in [0.2, 0.25) is 0 Å². The van der Waals surface area contributed by atoms with E-state index in [0.717, 1.165) is 29.6 Å². The molecule has 4 heteroatoms. The van der Waals surface area contributed by atoms with Gasteiger partial charge in [0.05, 0.1) is 0 Å². The number of anilines is 1. The lowest BCUT2D eigenvalue weighted by molar-refractivity contribution is 0.472. The molecule has 3 nitrogen and oxygen atoms in total. The summed E-state index contributed by atoms with van der Waals surface area (Å²) in [7, 11) is 0. The molecule has 2 rings (SSSR count). The van der Waals surface area contributed by atoms with Crippen molar-refractivity contribution in [2.75, 3.05) is 11.6 Å². The van der Waals surface area contributed by atoms with Crippen molar-refractivity contribution in [3.8, 4) is 0 Å². The molecule has 2 unspecified atom stereocenters. The lowest BCUT2D eigenvalue weighted by Crippen LogP contribution is -2.28. The predicted octanol–water partition coefficient (Wildman–Crippen LogP) is 3.52. The standard InChI is InChI=1S/C14H23N3S/c1-3-5-11-9-14(16-10-15-11)17-12-6-4-7-13(8-12)18-2/h9-10,12-13H,3-8H2,1-2H3,(H,15,16,17). The lowest BCUT2D eigenvalue weighted by Gasteiger charge is -2.29. The maximum atomic E-state index is 4.34. The minimum absolute atomic E-state index is 0.584. The van der Waals surface area contributed by atoms with Gasteiger partial charge in [0.1, 0.15) is 12.1 Å². The average Bonchev–Trinajstić information content (AvgIpc) is 2.40. The van der Waals surface area contributed by atoms with Gasteiger partial charge in [-0.25, -0.2) is 9.97 Å². The van der Waals surface area contributed by atoms with Gasteiger partial charge in [0.15, 0.2) is 0 Å². The van der Waals surface area contributed by atoms with Crippen LogP contribution in [0.3, 0.4) is 0 Å². The summed E-state index contributed by atoms with van der Waals surface area (Å²) in [5.74, 6) is 1.00. The van der Waals surface area contributed by atoms with Crippen LogP contribution in [0.15, 0.2) is 12.4 Å². The Hall–Kier alpha value is -0.770. The van der Waals surface area contributed by atoms with E-state index in [2.05, 4.69) is 34.5 Å². The van der Waals surface area contributed by atoms with Crippen LogP contribution in [0, 0.1) is 0 Å². The molecule has 1 heterocycles. The molecule has 1 aromatic heterocycles. The van der Waals surface area contributed by atoms with Gasteiger partial charge in [-0.3, -0.25) is 0 Å². The van der Waals surface area contributed by atoms with E-state index in [-0.39, 0.29) is 0 Å². The Morgan fingerprint density at radius 2 is 2.28 bits per heavy atom. The SMILES string of the molecule is CCCc1cc(NC2CCCC(SC)C2)ncn1. The lowest BCUT2D eigenvalue weighted by atomic mass is 9.95. The fraction of sp³-hybridized carbons (Fsp3) is 0.714. The third-order valence-corrected chi connectivity index (χ3v) is 4.64. The first-order chi connectivity index (χ1) is 8.81. The largest absolute Gasteiger partial charge is 0.367 e. The summed E-state index contributed by atoms with van der Waals surface area (Å²) in [6, 6.07) is 2.69. The van der Waals surface area contributed by atoms with Crippen molar-refractivity contribution in [1.29, 1.82) is 0 Å². The summed E-state index contributed by atoms with van der Waals surface area (Å²) in [6.07, 6.45) is 11.3. The number of nitrogens with zero attached hydrogens (tertiary/aromatic N) is 2. The topological polar surface area (TPSA) is 37.8 Å². The summed E-state index contributed by atoms with van der Waals surface area (Å²) >= 11 is 2.00. The van der Waals surface area contributed by atoms with Crippen LogP contribution < -0.4 is 5.32 Å². The van der Waals surface area contributed by atoms with Crippen LogP contribution in [0.4, 0.5) is 5.82 Å². The fourth-order valence-corrected chi connectivity index (χ4v) is 3.40. The Kier molecular flexibility index (Phi) is 5.29. The number of rotatable bonds is 5. The smallest absolute Gasteiger partial charge is 0.129 e. The summed E-state index contributed by atoms with van der Waals surface area (Å²) in [6.45, 7) is 2.18. The van der Waals surface area contributed by atoms with Crippen LogP contribution in [0.5, 0.6) is 0 Å². The molecule has 0 spiro atoms. The molecule has 0 saturated heterocycles. The molecule has 0 amide bonds. The number of aromatic nitrogens is 2. The highest BCUT2D eigenvalue weighted by molar-refractivity contribution is 7.99. The Bertz CT molecular complexity index is 370. The number of hydrogen-bond acceptors (Lipinski definition) is 4. The first-order valence-corrected chi connectivity index (χ1v) is 8.21. The van der Waals surface area contributed by atoms with Crippen molar-refractivity contribution in [2.45, 2.75) is 56.7 Å². The van der Waals surface area contributed by atoms with Crippen molar-refractivity contribution in [2.24, 2.45) is 0 Å². The highest BCUT2D eigenvalue weighted by Crippen LogP contribution is 2.28. The van der Waals surface area contributed by atoms with E-state index < -0.39 is 0 Å². The second-order valence-corrected chi connectivity index (χ2v) is 6.15. The molecule has 1 saturated carbocycles. The van der Waals surface area contributed by atoms with Gasteiger partial charge < -0.3 is 5.32 Å². The normalized spacial score (nSPS) is 23.9. The Morgan fingerprint density at radius 1 is 1.39 bits per heavy atom. The van der Waals surface area contributed by atoms with Crippen molar-refractivity contribution in [3.63, 3.8) is 0 Å². The molecule has 1 fully saturated rings. The summed E-state index contributed by atoms with van der Waals surface area (Å²) in [5.41, 5.74) is 1.15. The van der Waals surface area contributed by atoms with E-state index in [1.165, 1.54) is 25.7 Å². The van der Waals surface area contributed by atoms with Crippen molar-refractivity contribution in [1.82, 2.24) is 9.97 Å². The number of aryl methyl sites for hydroxylation is 1. The molecule has 0 aromatic carbocycles. The summed E-state index contributed by atoms with van der Waals surface area (Å²) in [5, 5.41) is 4.39. The second kappa shape index (κ2) is 6.98. The molecule has 18 heavy (non-hydrogen) atoms. The summed E-state index contributed by atoms with van der Waals surface area (Å²) < 4.78 is 0. The molecular weight excluding hydrogens is 242 g/mol. The van der Waals surface area contributed by atoms with E-state index in [9.17, 15) is 0 Å². The van der Waals surface area contributed by atoms with Crippen LogP contribution in [-0.2, 0) is 6.42 Å². The van der Waals surface area contributed by atoms with Gasteiger partial charge >= 0.3 is 0 Å². The van der Waals surface area contributed by atoms with E-state index >= 15 is 0 Å². The first-order valence-electron chi connectivity index (χ1n) is 6.92. The van der Waals surface area contributed by atoms with Gasteiger partial charge in [-0.05, 0) is 31.9 Å². The molecule has 0 radical (unpaired) electrons. The molecule has 1 aromatic rings. The van der Waals surface area contributed by atoms with Crippen molar-refractivity contribution in [3.05, 3.63) is 18.1 Å². The van der Waals surface area contributed by atoms with Crippen LogP contribution in [-0.4, -0.2) is 27.5 Å². The summed E-state index contributed by atoms with van der Waals surface area (Å²) in [4.78, 5) is 8.64. The van der Waals surface area contributed by atoms with Gasteiger partial charge in [0.2, 0.25) is 0 Å². The third-order valence-electron chi connectivity index (χ3n) is 3.54. The van der Waals surface area contributed by atoms with Gasteiger partial charge in [-0.15, -0.1) is 0 Å². The van der Waals surface area contributed by atoms with Crippen LogP contribution >= 0.6 is 11.8 Å². The van der Waals surface area contributed by atoms with E-state index in [4.69, 9.17) is 0 Å². The highest BCUT2D eigenvalue weighted by Gasteiger charge is 2.21. The quantitative estimate of drug-likeness (QED) is 0.884. The van der Waals surface area contributed by atoms with E-state index in [0.29, 0.717) is 6.04 Å². The maximum Gasteiger partial charge on any atom is 0.129 e. The molecule has 1 N–H and O–H groups in total. The zero-order chi connectivity index (χ0) is 12.8. The Labute approximate surface area is 114 Å². The highest BCUT2D eigenvalue weighted by atomic mass is 32.2. The van der Waals surface area contributed by atoms with Gasteiger partial charge in [-0.2, -0.15) is 11.8 Å². The van der Waals surface area contributed by atoms with E-state index in [1.54, 1.807) is 6.33 Å². The zero-order valence-electron chi connectivity index (χ0n) is 11.4. The van der Waals surface area contributed by atoms with Crippen molar-refractivity contribution >= 4 is 17.6 Å². The zero-order valence-corrected chi connectivity index (χ0v) is 12.2. The van der Waals surface area contributed by atoms with Gasteiger partial charge in [0.25, 0.3) is 0 Å². The molecule has 1 aliphatic rings. The van der Waals surface area contributed by atoms with E-state index in [1.807, 2.05) is 11.8 Å². The first kappa shape index (κ1) is 13.7. The minimum atomic E-state index is 0.584. The monoisotopic (exact) mass is 265 g/mol. The van der Waals surface area contributed by atoms with Gasteiger partial charge in [0, 0.05) is 23.1 Å². The molecule has 100 valence electrons. The maximum absolute atomic E-state index is 4.34. The predicted molar refractivity (Wildman–Crippen MR) is 79.2 cm³/mol. The third kappa shape index (κ3) is 3.87. The Morgan fingerprint density at radius 3 is 3.06 bits per heavy atom. The average molecular weight is 265 g/mol. The number of nitrogens with one attached hydrogen (secondary N) is 1.